The highest BCUT2D eigenvalue weighted by molar-refractivity contribution is 5.82. The molecule has 0 aromatic heterocycles. The first-order valence-corrected chi connectivity index (χ1v) is 4.78. The molecule has 0 aliphatic rings. The molecule has 0 rings (SSSR count). The molecule has 0 unspecified atom stereocenters. The van der Waals surface area contributed by atoms with Crippen molar-refractivity contribution in [3.05, 3.63) is 0 Å². The molecule has 0 aromatic carbocycles. The van der Waals surface area contributed by atoms with Gasteiger partial charge in [-0.3, -0.25) is 0 Å². The number of urea groups is 1. The van der Waals surface area contributed by atoms with Gasteiger partial charge in [-0.05, 0) is 5.92 Å². The molecule has 2 amide bonds. The van der Waals surface area contributed by atoms with E-state index in [-0.39, 0.29) is 5.92 Å². The lowest BCUT2D eigenvalue weighted by Crippen LogP contribution is -2.49. The van der Waals surface area contributed by atoms with Crippen LogP contribution >= 0.6 is 0 Å². The van der Waals surface area contributed by atoms with Gasteiger partial charge < -0.3 is 15.3 Å². The summed E-state index contributed by atoms with van der Waals surface area (Å²) in [5, 5.41) is 10.9. The van der Waals surface area contributed by atoms with Gasteiger partial charge in [0.05, 0.1) is 6.54 Å². The van der Waals surface area contributed by atoms with Crippen LogP contribution in [-0.4, -0.2) is 48.1 Å². The van der Waals surface area contributed by atoms with E-state index in [2.05, 4.69) is 5.32 Å². The summed E-state index contributed by atoms with van der Waals surface area (Å²) in [6.07, 6.45) is -2.64. The van der Waals surface area contributed by atoms with Crippen molar-refractivity contribution in [2.24, 2.45) is 5.92 Å². The van der Waals surface area contributed by atoms with Crippen LogP contribution in [0, 0.1) is 5.92 Å². The van der Waals surface area contributed by atoms with Crippen LogP contribution in [0.1, 0.15) is 13.8 Å². The molecule has 7 heteroatoms. The van der Waals surface area contributed by atoms with Gasteiger partial charge in [-0.1, -0.05) is 13.8 Å². The largest absolute Gasteiger partial charge is 0.480 e. The number of amides is 2. The van der Waals surface area contributed by atoms with Gasteiger partial charge in [0.15, 0.2) is 0 Å². The molecule has 1 atom stereocenters. The summed E-state index contributed by atoms with van der Waals surface area (Å²) >= 11 is 0. The van der Waals surface area contributed by atoms with Crippen molar-refractivity contribution in [3.63, 3.8) is 0 Å². The first-order chi connectivity index (χ1) is 7.25. The number of hydrogen-bond donors (Lipinski definition) is 2. The molecule has 0 spiro atoms. The van der Waals surface area contributed by atoms with Gasteiger partial charge in [0.2, 0.25) is 0 Å². The van der Waals surface area contributed by atoms with Crippen LogP contribution in [0.2, 0.25) is 0 Å². The van der Waals surface area contributed by atoms with E-state index in [4.69, 9.17) is 5.11 Å². The van der Waals surface area contributed by atoms with Crippen molar-refractivity contribution in [2.75, 3.05) is 13.6 Å². The number of alkyl halides is 2. The third kappa shape index (κ3) is 4.90. The Morgan fingerprint density at radius 2 is 1.88 bits per heavy atom. The van der Waals surface area contributed by atoms with E-state index in [0.717, 1.165) is 4.90 Å². The summed E-state index contributed by atoms with van der Waals surface area (Å²) in [6, 6.07) is -1.89. The topological polar surface area (TPSA) is 69.6 Å². The van der Waals surface area contributed by atoms with Crippen molar-refractivity contribution in [2.45, 2.75) is 26.3 Å². The Labute approximate surface area is 92.4 Å². The quantitative estimate of drug-likeness (QED) is 0.750. The Morgan fingerprint density at radius 1 is 1.38 bits per heavy atom. The van der Waals surface area contributed by atoms with Crippen LogP contribution in [0.4, 0.5) is 13.6 Å². The third-order valence-corrected chi connectivity index (χ3v) is 1.97. The van der Waals surface area contributed by atoms with Gasteiger partial charge in [0.25, 0.3) is 6.43 Å². The van der Waals surface area contributed by atoms with Gasteiger partial charge in [-0.2, -0.15) is 0 Å². The smallest absolute Gasteiger partial charge is 0.326 e. The van der Waals surface area contributed by atoms with Crippen molar-refractivity contribution in [3.8, 4) is 0 Å². The number of carboxylic acid groups (broad SMARTS) is 1. The monoisotopic (exact) mass is 238 g/mol. The average Bonchev–Trinajstić information content (AvgIpc) is 2.11. The maximum atomic E-state index is 12.0. The summed E-state index contributed by atoms with van der Waals surface area (Å²) in [4.78, 5) is 22.8. The Balaban J connectivity index is 4.35. The lowest BCUT2D eigenvalue weighted by atomic mass is 10.1. The molecule has 0 saturated heterocycles. The predicted octanol–water partition coefficient (Wildman–Crippen LogP) is 1.00. The van der Waals surface area contributed by atoms with Crippen molar-refractivity contribution in [1.82, 2.24) is 10.2 Å². The van der Waals surface area contributed by atoms with E-state index in [9.17, 15) is 18.4 Å². The lowest BCUT2D eigenvalue weighted by Gasteiger charge is -2.22. The Kier molecular flexibility index (Phi) is 5.69. The summed E-state index contributed by atoms with van der Waals surface area (Å²) in [6.45, 7) is 2.51. The number of nitrogens with zero attached hydrogens (tertiary/aromatic N) is 1. The number of rotatable bonds is 5. The SMILES string of the molecule is CC(C)[C@@H](NC(=O)N(C)CC(F)F)C(=O)O. The molecular formula is C9H16F2N2O3. The summed E-state index contributed by atoms with van der Waals surface area (Å²) in [7, 11) is 1.18. The second-order valence-electron chi connectivity index (χ2n) is 3.78. The molecule has 0 radical (unpaired) electrons. The minimum absolute atomic E-state index is 0.318. The van der Waals surface area contributed by atoms with E-state index < -0.39 is 31.0 Å². The number of carbonyl (C=O) groups is 2. The van der Waals surface area contributed by atoms with Gasteiger partial charge in [0.1, 0.15) is 6.04 Å². The van der Waals surface area contributed by atoms with Crippen molar-refractivity contribution in [1.29, 1.82) is 0 Å². The van der Waals surface area contributed by atoms with Crippen LogP contribution in [0.5, 0.6) is 0 Å². The van der Waals surface area contributed by atoms with Crippen LogP contribution in [0.3, 0.4) is 0 Å². The van der Waals surface area contributed by atoms with Gasteiger partial charge in [0, 0.05) is 7.05 Å². The molecule has 94 valence electrons. The molecule has 0 heterocycles. The highest BCUT2D eigenvalue weighted by atomic mass is 19.3. The van der Waals surface area contributed by atoms with Gasteiger partial charge in [-0.15, -0.1) is 0 Å². The van der Waals surface area contributed by atoms with E-state index >= 15 is 0 Å². The molecule has 0 aliphatic carbocycles. The third-order valence-electron chi connectivity index (χ3n) is 1.97. The fourth-order valence-electron chi connectivity index (χ4n) is 1.05. The molecule has 0 aromatic rings. The predicted molar refractivity (Wildman–Crippen MR) is 53.4 cm³/mol. The van der Waals surface area contributed by atoms with E-state index in [1.807, 2.05) is 0 Å². The molecule has 0 fully saturated rings. The number of aliphatic carboxylic acids is 1. The average molecular weight is 238 g/mol. The first-order valence-electron chi connectivity index (χ1n) is 4.78. The number of carbonyl (C=O) groups excluding carboxylic acids is 1. The second-order valence-corrected chi connectivity index (χ2v) is 3.78. The van der Waals surface area contributed by atoms with Gasteiger partial charge >= 0.3 is 12.0 Å². The fourth-order valence-corrected chi connectivity index (χ4v) is 1.05. The molecule has 5 nitrogen and oxygen atoms in total. The van der Waals surface area contributed by atoms with Crippen LogP contribution in [0.15, 0.2) is 0 Å². The highest BCUT2D eigenvalue weighted by Crippen LogP contribution is 2.03. The maximum Gasteiger partial charge on any atom is 0.326 e. The van der Waals surface area contributed by atoms with Crippen LogP contribution < -0.4 is 5.32 Å². The Hall–Kier alpha value is -1.40. The zero-order valence-electron chi connectivity index (χ0n) is 9.41. The summed E-state index contributed by atoms with van der Waals surface area (Å²) < 4.78 is 23.9. The molecular weight excluding hydrogens is 222 g/mol. The van der Waals surface area contributed by atoms with E-state index in [1.54, 1.807) is 13.8 Å². The van der Waals surface area contributed by atoms with Gasteiger partial charge in [-0.25, -0.2) is 18.4 Å². The minimum Gasteiger partial charge on any atom is -0.480 e. The van der Waals surface area contributed by atoms with Crippen molar-refractivity contribution >= 4 is 12.0 Å². The highest BCUT2D eigenvalue weighted by Gasteiger charge is 2.25. The van der Waals surface area contributed by atoms with Crippen LogP contribution in [0.25, 0.3) is 0 Å². The summed E-state index contributed by atoms with van der Waals surface area (Å²) in [5.74, 6) is -1.50. The molecule has 0 bridgehead atoms. The van der Waals surface area contributed by atoms with Crippen molar-refractivity contribution < 1.29 is 23.5 Å². The number of halogens is 2. The second kappa shape index (κ2) is 6.24. The molecule has 2 N–H and O–H groups in total. The molecule has 0 aliphatic heterocycles. The minimum atomic E-state index is -2.64. The zero-order chi connectivity index (χ0) is 12.9. The molecule has 16 heavy (non-hydrogen) atoms. The normalized spacial score (nSPS) is 12.7. The zero-order valence-corrected chi connectivity index (χ0v) is 9.41. The lowest BCUT2D eigenvalue weighted by molar-refractivity contribution is -0.140. The van der Waals surface area contributed by atoms with E-state index in [1.165, 1.54) is 7.05 Å². The van der Waals surface area contributed by atoms with Crippen LogP contribution in [-0.2, 0) is 4.79 Å². The number of carboxylic acids is 1. The fraction of sp³-hybridized carbons (Fsp3) is 0.778. The van der Waals surface area contributed by atoms with E-state index in [0.29, 0.717) is 0 Å². The molecule has 0 saturated carbocycles. The number of nitrogens with one attached hydrogen (secondary N) is 1. The number of hydrogen-bond acceptors (Lipinski definition) is 2. The Morgan fingerprint density at radius 3 is 2.19 bits per heavy atom. The Bertz CT molecular complexity index is 259. The summed E-state index contributed by atoms with van der Waals surface area (Å²) in [5.41, 5.74) is 0. The maximum absolute atomic E-state index is 12.0. The standard InChI is InChI=1S/C9H16F2N2O3/c1-5(2)7(8(14)15)12-9(16)13(3)4-6(10)11/h5-7H,4H2,1-3H3,(H,12,16)(H,14,15)/t7-/m1/s1. The first kappa shape index (κ1) is 14.6.